The van der Waals surface area contributed by atoms with E-state index < -0.39 is 0 Å². The molecule has 1 fully saturated rings. The van der Waals surface area contributed by atoms with Gasteiger partial charge < -0.3 is 23.9 Å². The Labute approximate surface area is 133 Å². The van der Waals surface area contributed by atoms with Gasteiger partial charge in [-0.25, -0.2) is 0 Å². The number of fused-ring (bicyclic) bond motifs is 1. The summed E-state index contributed by atoms with van der Waals surface area (Å²) in [6, 6.07) is 6.62. The van der Waals surface area contributed by atoms with Crippen LogP contribution >= 0.6 is 0 Å². The maximum absolute atomic E-state index is 5.56. The van der Waals surface area contributed by atoms with Gasteiger partial charge in [-0.1, -0.05) is 11.2 Å². The summed E-state index contributed by atoms with van der Waals surface area (Å²) >= 11 is 0. The monoisotopic (exact) mass is 317 g/mol. The predicted molar refractivity (Wildman–Crippen MR) is 81.8 cm³/mol. The highest BCUT2D eigenvalue weighted by Crippen LogP contribution is 2.40. The van der Waals surface area contributed by atoms with Crippen molar-refractivity contribution in [2.45, 2.75) is 25.2 Å². The molecule has 1 aromatic heterocycles. The average molecular weight is 317 g/mol. The Morgan fingerprint density at radius 1 is 1.13 bits per heavy atom. The van der Waals surface area contributed by atoms with Crippen LogP contribution in [0.2, 0.25) is 0 Å². The van der Waals surface area contributed by atoms with E-state index in [4.69, 9.17) is 18.6 Å². The van der Waals surface area contributed by atoms with Gasteiger partial charge in [0.1, 0.15) is 0 Å². The summed E-state index contributed by atoms with van der Waals surface area (Å²) in [5, 5.41) is 11.1. The fraction of sp³-hybridized carbons (Fsp3) is 0.500. The van der Waals surface area contributed by atoms with Crippen molar-refractivity contribution in [3.63, 3.8) is 0 Å². The van der Waals surface area contributed by atoms with Crippen LogP contribution in [0.25, 0.3) is 0 Å². The fourth-order valence-electron chi connectivity index (χ4n) is 3.17. The van der Waals surface area contributed by atoms with Crippen LogP contribution in [0.3, 0.4) is 0 Å². The molecule has 7 heteroatoms. The molecule has 1 N–H and O–H groups in total. The Bertz CT molecular complexity index is 694. The zero-order valence-electron chi connectivity index (χ0n) is 13.0. The topological polar surface area (TPSA) is 78.6 Å². The van der Waals surface area contributed by atoms with Gasteiger partial charge in [-0.05, 0) is 30.5 Å². The van der Waals surface area contributed by atoms with Gasteiger partial charge >= 0.3 is 6.01 Å². The van der Waals surface area contributed by atoms with Crippen molar-refractivity contribution in [3.8, 4) is 11.5 Å². The second kappa shape index (κ2) is 5.73. The largest absolute Gasteiger partial charge is 0.454 e. The van der Waals surface area contributed by atoms with Crippen molar-refractivity contribution < 1.29 is 18.6 Å². The second-order valence-corrected chi connectivity index (χ2v) is 5.94. The SMILES string of the molecule is Cc1nnc(NCC2(c3ccc4c(c3)OCO4)CCOCC2)o1. The lowest BCUT2D eigenvalue weighted by Crippen LogP contribution is -2.40. The lowest BCUT2D eigenvalue weighted by molar-refractivity contribution is 0.0541. The number of nitrogens with one attached hydrogen (secondary N) is 1. The number of hydrogen-bond acceptors (Lipinski definition) is 7. The molecule has 0 unspecified atom stereocenters. The predicted octanol–water partition coefficient (Wildman–Crippen LogP) is 2.27. The normalized spacial score (nSPS) is 18.8. The molecular weight excluding hydrogens is 298 g/mol. The van der Waals surface area contributed by atoms with Crippen LogP contribution in [0.15, 0.2) is 22.6 Å². The van der Waals surface area contributed by atoms with Crippen LogP contribution in [0.4, 0.5) is 6.01 Å². The van der Waals surface area contributed by atoms with Gasteiger partial charge in [-0.15, -0.1) is 5.10 Å². The molecule has 0 spiro atoms. The van der Waals surface area contributed by atoms with Crippen molar-refractivity contribution in [2.24, 2.45) is 0 Å². The Balaban J connectivity index is 1.60. The van der Waals surface area contributed by atoms with Crippen LogP contribution < -0.4 is 14.8 Å². The van der Waals surface area contributed by atoms with Gasteiger partial charge in [0.05, 0.1) is 0 Å². The summed E-state index contributed by atoms with van der Waals surface area (Å²) in [7, 11) is 0. The summed E-state index contributed by atoms with van der Waals surface area (Å²) in [4.78, 5) is 0. The molecule has 1 saturated heterocycles. The van der Waals surface area contributed by atoms with Gasteiger partial charge in [0.25, 0.3) is 0 Å². The van der Waals surface area contributed by atoms with Crippen molar-refractivity contribution in [3.05, 3.63) is 29.7 Å². The highest BCUT2D eigenvalue weighted by Gasteiger charge is 2.36. The third-order valence-corrected chi connectivity index (χ3v) is 4.54. The first-order chi connectivity index (χ1) is 11.3. The van der Waals surface area contributed by atoms with Crippen molar-refractivity contribution >= 4 is 6.01 Å². The van der Waals surface area contributed by atoms with Crippen LogP contribution in [0, 0.1) is 6.92 Å². The molecule has 0 radical (unpaired) electrons. The summed E-state index contributed by atoms with van der Waals surface area (Å²) < 4.78 is 21.9. The molecule has 122 valence electrons. The average Bonchev–Trinajstić information content (AvgIpc) is 3.21. The second-order valence-electron chi connectivity index (χ2n) is 5.94. The van der Waals surface area contributed by atoms with E-state index in [1.165, 1.54) is 5.56 Å². The first-order valence-electron chi connectivity index (χ1n) is 7.77. The number of aromatic nitrogens is 2. The van der Waals surface area contributed by atoms with Gasteiger partial charge in [0.2, 0.25) is 12.7 Å². The summed E-state index contributed by atoms with van der Waals surface area (Å²) in [5.74, 6) is 2.16. The smallest absolute Gasteiger partial charge is 0.315 e. The molecule has 0 atom stereocenters. The molecular formula is C16H19N3O4. The quantitative estimate of drug-likeness (QED) is 0.926. The minimum absolute atomic E-state index is 0.0540. The Morgan fingerprint density at radius 3 is 2.74 bits per heavy atom. The van der Waals surface area contributed by atoms with E-state index in [0.717, 1.165) is 37.6 Å². The van der Waals surface area contributed by atoms with E-state index in [1.54, 1.807) is 6.92 Å². The van der Waals surface area contributed by atoms with Gasteiger partial charge in [0.15, 0.2) is 11.5 Å². The number of hydrogen-bond donors (Lipinski definition) is 1. The molecule has 0 amide bonds. The van der Waals surface area contributed by atoms with Crippen molar-refractivity contribution in [1.29, 1.82) is 0 Å². The highest BCUT2D eigenvalue weighted by molar-refractivity contribution is 5.47. The van der Waals surface area contributed by atoms with E-state index in [2.05, 4.69) is 27.6 Å². The molecule has 0 aliphatic carbocycles. The third-order valence-electron chi connectivity index (χ3n) is 4.54. The summed E-state index contributed by atoms with van der Waals surface area (Å²) in [6.45, 7) is 4.24. The standard InChI is InChI=1S/C16H19N3O4/c1-11-18-19-15(23-11)17-9-16(4-6-20-7-5-16)12-2-3-13-14(8-12)22-10-21-13/h2-3,8H,4-7,9-10H2,1H3,(H,17,19). The molecule has 7 nitrogen and oxygen atoms in total. The Kier molecular flexibility index (Phi) is 3.57. The number of benzene rings is 1. The molecule has 23 heavy (non-hydrogen) atoms. The van der Waals surface area contributed by atoms with Gasteiger partial charge in [-0.2, -0.15) is 0 Å². The maximum Gasteiger partial charge on any atom is 0.315 e. The van der Waals surface area contributed by atoms with Crippen LogP contribution in [0.1, 0.15) is 24.3 Å². The zero-order valence-corrected chi connectivity index (χ0v) is 13.0. The molecule has 3 heterocycles. The summed E-state index contributed by atoms with van der Waals surface area (Å²) in [5.41, 5.74) is 1.16. The zero-order chi connectivity index (χ0) is 15.7. The molecule has 0 bridgehead atoms. The van der Waals surface area contributed by atoms with Gasteiger partial charge in [-0.3, -0.25) is 0 Å². The lowest BCUT2D eigenvalue weighted by Gasteiger charge is -2.37. The lowest BCUT2D eigenvalue weighted by atomic mass is 9.74. The van der Waals surface area contributed by atoms with Crippen LogP contribution in [-0.2, 0) is 10.2 Å². The van der Waals surface area contributed by atoms with Crippen molar-refractivity contribution in [1.82, 2.24) is 10.2 Å². The number of nitrogens with zero attached hydrogens (tertiary/aromatic N) is 2. The van der Waals surface area contributed by atoms with E-state index >= 15 is 0 Å². The third kappa shape index (κ3) is 2.72. The highest BCUT2D eigenvalue weighted by atomic mass is 16.7. The van der Waals surface area contributed by atoms with E-state index in [-0.39, 0.29) is 12.2 Å². The van der Waals surface area contributed by atoms with Gasteiger partial charge in [0, 0.05) is 32.1 Å². The molecule has 2 aromatic rings. The number of anilines is 1. The van der Waals surface area contributed by atoms with E-state index in [1.807, 2.05) is 6.07 Å². The Morgan fingerprint density at radius 2 is 1.96 bits per heavy atom. The summed E-state index contributed by atoms with van der Waals surface area (Å²) in [6.07, 6.45) is 1.85. The maximum atomic E-state index is 5.56. The fourth-order valence-corrected chi connectivity index (χ4v) is 3.17. The minimum Gasteiger partial charge on any atom is -0.454 e. The molecule has 2 aliphatic rings. The van der Waals surface area contributed by atoms with Crippen LogP contribution in [0.5, 0.6) is 11.5 Å². The van der Waals surface area contributed by atoms with Crippen molar-refractivity contribution in [2.75, 3.05) is 31.9 Å². The first-order valence-corrected chi connectivity index (χ1v) is 7.77. The Hall–Kier alpha value is -2.28. The van der Waals surface area contributed by atoms with E-state index in [9.17, 15) is 0 Å². The first kappa shape index (κ1) is 14.3. The number of aryl methyl sites for hydroxylation is 1. The van der Waals surface area contributed by atoms with E-state index in [0.29, 0.717) is 18.5 Å². The molecule has 0 saturated carbocycles. The number of rotatable bonds is 4. The van der Waals surface area contributed by atoms with Crippen LogP contribution in [-0.4, -0.2) is 36.7 Å². The minimum atomic E-state index is -0.0540. The molecule has 2 aliphatic heterocycles. The molecule has 4 rings (SSSR count). The number of ether oxygens (including phenoxy) is 3. The molecule has 1 aromatic carbocycles.